The van der Waals surface area contributed by atoms with E-state index in [0.717, 1.165) is 23.3 Å². The minimum atomic E-state index is -0.187. The molecule has 0 aliphatic rings. The van der Waals surface area contributed by atoms with E-state index < -0.39 is 0 Å². The number of methoxy groups -OCH3 is 4. The highest BCUT2D eigenvalue weighted by Crippen LogP contribution is 2.40. The van der Waals surface area contributed by atoms with Gasteiger partial charge in [0, 0.05) is 11.6 Å². The Bertz CT molecular complexity index is 859. The van der Waals surface area contributed by atoms with Gasteiger partial charge in [-0.05, 0) is 48.2 Å². The van der Waals surface area contributed by atoms with E-state index in [2.05, 4.69) is 19.2 Å². The van der Waals surface area contributed by atoms with E-state index in [-0.39, 0.29) is 11.9 Å². The van der Waals surface area contributed by atoms with Crippen molar-refractivity contribution in [3.63, 3.8) is 0 Å². The Morgan fingerprint density at radius 2 is 1.57 bits per heavy atom. The first-order valence-electron chi connectivity index (χ1n) is 9.84. The summed E-state index contributed by atoms with van der Waals surface area (Å²) < 4.78 is 21.4. The molecule has 0 fully saturated rings. The van der Waals surface area contributed by atoms with Crippen molar-refractivity contribution in [2.75, 3.05) is 28.4 Å². The fourth-order valence-corrected chi connectivity index (χ4v) is 3.23. The quantitative estimate of drug-likeness (QED) is 0.575. The average molecular weight is 414 g/mol. The lowest BCUT2D eigenvalue weighted by Gasteiger charge is -2.21. The molecule has 0 bridgehead atoms. The minimum Gasteiger partial charge on any atom is -0.497 e. The van der Waals surface area contributed by atoms with Crippen LogP contribution in [-0.4, -0.2) is 34.3 Å². The molecule has 1 atom stereocenters. The van der Waals surface area contributed by atoms with Gasteiger partial charge in [0.15, 0.2) is 11.5 Å². The van der Waals surface area contributed by atoms with Gasteiger partial charge in [-0.2, -0.15) is 0 Å². The maximum absolute atomic E-state index is 12.7. The highest BCUT2D eigenvalue weighted by atomic mass is 16.5. The number of carbonyl (C=O) groups is 1. The van der Waals surface area contributed by atoms with Crippen LogP contribution in [0.4, 0.5) is 0 Å². The van der Waals surface area contributed by atoms with Crippen molar-refractivity contribution in [3.05, 3.63) is 53.6 Å². The summed E-state index contributed by atoms with van der Waals surface area (Å²) in [6, 6.07) is 11.3. The van der Waals surface area contributed by atoms with Gasteiger partial charge < -0.3 is 24.3 Å². The Morgan fingerprint density at radius 3 is 2.10 bits per heavy atom. The van der Waals surface area contributed by atoms with Gasteiger partial charge in [-0.3, -0.25) is 4.79 Å². The molecular formula is C24H31NO5. The second-order valence-corrected chi connectivity index (χ2v) is 7.22. The van der Waals surface area contributed by atoms with E-state index in [1.54, 1.807) is 40.6 Å². The van der Waals surface area contributed by atoms with Crippen molar-refractivity contribution >= 4 is 12.0 Å². The maximum atomic E-state index is 12.7. The third-order valence-electron chi connectivity index (χ3n) is 4.69. The van der Waals surface area contributed by atoms with E-state index in [4.69, 9.17) is 18.9 Å². The zero-order chi connectivity index (χ0) is 22.1. The summed E-state index contributed by atoms with van der Waals surface area (Å²) >= 11 is 0. The van der Waals surface area contributed by atoms with Crippen LogP contribution in [0.5, 0.6) is 23.0 Å². The second-order valence-electron chi connectivity index (χ2n) is 7.22. The summed E-state index contributed by atoms with van der Waals surface area (Å²) in [5.41, 5.74) is 1.75. The highest BCUT2D eigenvalue weighted by Gasteiger charge is 2.17. The van der Waals surface area contributed by atoms with Crippen molar-refractivity contribution in [2.24, 2.45) is 5.92 Å². The van der Waals surface area contributed by atoms with Gasteiger partial charge in [0.2, 0.25) is 11.7 Å². The molecule has 0 aromatic heterocycles. The van der Waals surface area contributed by atoms with Gasteiger partial charge in [0.25, 0.3) is 0 Å². The molecule has 6 nitrogen and oxygen atoms in total. The lowest BCUT2D eigenvalue weighted by Crippen LogP contribution is -2.28. The molecule has 1 amide bonds. The van der Waals surface area contributed by atoms with Crippen LogP contribution in [0.25, 0.3) is 6.08 Å². The third-order valence-corrected chi connectivity index (χ3v) is 4.69. The predicted octanol–water partition coefficient (Wildman–Crippen LogP) is 4.64. The molecule has 2 rings (SSSR count). The first-order chi connectivity index (χ1) is 14.4. The first-order valence-corrected chi connectivity index (χ1v) is 9.84. The van der Waals surface area contributed by atoms with E-state index in [1.807, 2.05) is 30.3 Å². The Balaban J connectivity index is 2.21. The summed E-state index contributed by atoms with van der Waals surface area (Å²) in [5.74, 6) is 2.58. The molecule has 0 aliphatic carbocycles. The number of ether oxygens (including phenoxy) is 4. The zero-order valence-corrected chi connectivity index (χ0v) is 18.5. The SMILES string of the molecule is COc1ccc([C@H](CC(C)C)NC(=O)/C=C/c2ccc(OC)c(OC)c2OC)cc1. The van der Waals surface area contributed by atoms with Gasteiger partial charge in [-0.25, -0.2) is 0 Å². The fraction of sp³-hybridized carbons (Fsp3) is 0.375. The standard InChI is InChI=1S/C24H31NO5/c1-16(2)15-20(17-7-11-19(27-3)12-8-17)25-22(26)14-10-18-9-13-21(28-4)24(30-6)23(18)29-5/h7-14,16,20H,15H2,1-6H3,(H,25,26)/b14-10+/t20-/m0/s1. The molecule has 2 aromatic carbocycles. The molecule has 0 spiro atoms. The number of rotatable bonds is 10. The largest absolute Gasteiger partial charge is 0.497 e. The van der Waals surface area contributed by atoms with Gasteiger partial charge in [-0.15, -0.1) is 0 Å². The van der Waals surface area contributed by atoms with Crippen LogP contribution in [0.3, 0.4) is 0 Å². The Hall–Kier alpha value is -3.15. The molecule has 0 aliphatic heterocycles. The van der Waals surface area contributed by atoms with Crippen LogP contribution in [0.2, 0.25) is 0 Å². The number of benzene rings is 2. The lowest BCUT2D eigenvalue weighted by atomic mass is 9.97. The van der Waals surface area contributed by atoms with E-state index >= 15 is 0 Å². The Kier molecular flexibility index (Phi) is 8.59. The van der Waals surface area contributed by atoms with Crippen molar-refractivity contribution in [1.29, 1.82) is 0 Å². The highest BCUT2D eigenvalue weighted by molar-refractivity contribution is 5.92. The minimum absolute atomic E-state index is 0.0969. The molecule has 0 unspecified atom stereocenters. The van der Waals surface area contributed by atoms with E-state index in [9.17, 15) is 4.79 Å². The maximum Gasteiger partial charge on any atom is 0.244 e. The zero-order valence-electron chi connectivity index (χ0n) is 18.5. The number of hydrogen-bond donors (Lipinski definition) is 1. The van der Waals surface area contributed by atoms with Crippen LogP contribution in [-0.2, 0) is 4.79 Å². The number of amides is 1. The van der Waals surface area contributed by atoms with Crippen LogP contribution in [0.1, 0.15) is 37.4 Å². The van der Waals surface area contributed by atoms with Gasteiger partial charge in [-0.1, -0.05) is 26.0 Å². The van der Waals surface area contributed by atoms with Crippen molar-refractivity contribution in [2.45, 2.75) is 26.3 Å². The van der Waals surface area contributed by atoms with E-state index in [0.29, 0.717) is 23.2 Å². The molecule has 0 saturated heterocycles. The van der Waals surface area contributed by atoms with Crippen molar-refractivity contribution in [1.82, 2.24) is 5.32 Å². The molecule has 6 heteroatoms. The topological polar surface area (TPSA) is 66.0 Å². The van der Waals surface area contributed by atoms with Gasteiger partial charge >= 0.3 is 0 Å². The normalized spacial score (nSPS) is 12.0. The summed E-state index contributed by atoms with van der Waals surface area (Å²) in [4.78, 5) is 12.7. The van der Waals surface area contributed by atoms with Crippen LogP contribution in [0, 0.1) is 5.92 Å². The van der Waals surface area contributed by atoms with Crippen LogP contribution in [0.15, 0.2) is 42.5 Å². The van der Waals surface area contributed by atoms with Gasteiger partial charge in [0.1, 0.15) is 5.75 Å². The lowest BCUT2D eigenvalue weighted by molar-refractivity contribution is -0.117. The first kappa shape index (κ1) is 23.1. The summed E-state index contributed by atoms with van der Waals surface area (Å²) in [6.45, 7) is 4.26. The van der Waals surface area contributed by atoms with Crippen LogP contribution >= 0.6 is 0 Å². The molecule has 30 heavy (non-hydrogen) atoms. The predicted molar refractivity (Wildman–Crippen MR) is 118 cm³/mol. The molecule has 2 aromatic rings. The molecule has 162 valence electrons. The average Bonchev–Trinajstić information content (AvgIpc) is 2.76. The smallest absolute Gasteiger partial charge is 0.244 e. The Morgan fingerprint density at radius 1 is 0.900 bits per heavy atom. The third kappa shape index (κ3) is 5.92. The summed E-state index contributed by atoms with van der Waals surface area (Å²) in [7, 11) is 6.30. The van der Waals surface area contributed by atoms with Crippen molar-refractivity contribution < 1.29 is 23.7 Å². The molecule has 0 radical (unpaired) electrons. The van der Waals surface area contributed by atoms with E-state index in [1.165, 1.54) is 6.08 Å². The van der Waals surface area contributed by atoms with Gasteiger partial charge in [0.05, 0.1) is 34.5 Å². The number of nitrogens with one attached hydrogen (secondary N) is 1. The van der Waals surface area contributed by atoms with Crippen molar-refractivity contribution in [3.8, 4) is 23.0 Å². The molecular weight excluding hydrogens is 382 g/mol. The Labute approximate surface area is 178 Å². The van der Waals surface area contributed by atoms with Crippen LogP contribution < -0.4 is 24.3 Å². The molecule has 1 N–H and O–H groups in total. The fourth-order valence-electron chi connectivity index (χ4n) is 3.23. The monoisotopic (exact) mass is 413 g/mol. The number of carbonyl (C=O) groups excluding carboxylic acids is 1. The summed E-state index contributed by atoms with van der Waals surface area (Å²) in [6.07, 6.45) is 4.03. The summed E-state index contributed by atoms with van der Waals surface area (Å²) in [5, 5.41) is 3.10. The molecule has 0 saturated carbocycles. The second kappa shape index (κ2) is 11.1. The number of hydrogen-bond acceptors (Lipinski definition) is 5. The molecule has 0 heterocycles.